The first-order valence-electron chi connectivity index (χ1n) is 9.71. The van der Waals surface area contributed by atoms with Crippen LogP contribution in [-0.2, 0) is 0 Å². The third kappa shape index (κ3) is 4.18. The van der Waals surface area contributed by atoms with E-state index in [9.17, 15) is 4.79 Å². The van der Waals surface area contributed by atoms with Gasteiger partial charge in [-0.1, -0.05) is 18.2 Å². The topological polar surface area (TPSA) is 74.2 Å². The lowest BCUT2D eigenvalue weighted by Crippen LogP contribution is -2.49. The summed E-state index contributed by atoms with van der Waals surface area (Å²) in [6.07, 6.45) is 6.85. The minimum absolute atomic E-state index is 0.00344. The number of amides is 1. The van der Waals surface area contributed by atoms with E-state index in [2.05, 4.69) is 51.1 Å². The van der Waals surface area contributed by atoms with Crippen LogP contribution in [0.5, 0.6) is 0 Å². The Morgan fingerprint density at radius 3 is 2.34 bits per heavy atom. The number of nitrogens with one attached hydrogen (secondary N) is 1. The lowest BCUT2D eigenvalue weighted by atomic mass is 10.1. The van der Waals surface area contributed by atoms with Crippen LogP contribution < -0.4 is 10.2 Å². The highest BCUT2D eigenvalue weighted by Gasteiger charge is 2.23. The summed E-state index contributed by atoms with van der Waals surface area (Å²) < 4.78 is 0. The summed E-state index contributed by atoms with van der Waals surface area (Å²) in [6, 6.07) is 9.83. The monoisotopic (exact) mass is 388 g/mol. The highest BCUT2D eigenvalue weighted by atomic mass is 16.2. The summed E-state index contributed by atoms with van der Waals surface area (Å²) in [4.78, 5) is 29.8. The van der Waals surface area contributed by atoms with Crippen LogP contribution in [0.25, 0.3) is 0 Å². The van der Waals surface area contributed by atoms with Gasteiger partial charge in [0.1, 0.15) is 0 Å². The highest BCUT2D eigenvalue weighted by molar-refractivity contribution is 5.95. The largest absolute Gasteiger partial charge is 0.354 e. The van der Waals surface area contributed by atoms with Crippen LogP contribution in [-0.4, -0.2) is 51.9 Å². The Hall–Kier alpha value is -3.48. The van der Waals surface area contributed by atoms with Gasteiger partial charge in [-0.3, -0.25) is 9.78 Å². The molecule has 2 aromatic heterocycles. The van der Waals surface area contributed by atoms with E-state index in [-0.39, 0.29) is 5.91 Å². The van der Waals surface area contributed by atoms with Gasteiger partial charge in [-0.05, 0) is 37.1 Å². The molecule has 1 aliphatic heterocycles. The van der Waals surface area contributed by atoms with Crippen LogP contribution in [0.2, 0.25) is 0 Å². The minimum Gasteiger partial charge on any atom is -0.354 e. The number of anilines is 3. The predicted molar refractivity (Wildman–Crippen MR) is 114 cm³/mol. The fourth-order valence-corrected chi connectivity index (χ4v) is 3.53. The van der Waals surface area contributed by atoms with E-state index in [1.165, 1.54) is 0 Å². The zero-order valence-corrected chi connectivity index (χ0v) is 16.7. The van der Waals surface area contributed by atoms with Gasteiger partial charge in [-0.2, -0.15) is 0 Å². The number of aryl methyl sites for hydroxylation is 2. The molecule has 1 aliphatic rings. The van der Waals surface area contributed by atoms with Crippen LogP contribution in [0.15, 0.2) is 55.1 Å². The van der Waals surface area contributed by atoms with E-state index in [0.717, 1.165) is 22.5 Å². The Labute approximate surface area is 170 Å². The number of rotatable bonds is 4. The molecule has 1 amide bonds. The second-order valence-corrected chi connectivity index (χ2v) is 7.18. The van der Waals surface area contributed by atoms with Crippen LogP contribution in [0.1, 0.15) is 21.5 Å². The molecule has 0 spiro atoms. The van der Waals surface area contributed by atoms with Gasteiger partial charge >= 0.3 is 0 Å². The minimum atomic E-state index is -0.00344. The molecule has 7 nitrogen and oxygen atoms in total. The maximum Gasteiger partial charge on any atom is 0.255 e. The van der Waals surface area contributed by atoms with E-state index in [0.29, 0.717) is 37.7 Å². The number of carbonyl (C=O) groups excluding carboxylic acids is 1. The van der Waals surface area contributed by atoms with Gasteiger partial charge in [0.05, 0.1) is 17.4 Å². The van der Waals surface area contributed by atoms with E-state index < -0.39 is 0 Å². The summed E-state index contributed by atoms with van der Waals surface area (Å²) in [5.41, 5.74) is 4.76. The molecule has 0 radical (unpaired) electrons. The molecule has 3 aromatic rings. The van der Waals surface area contributed by atoms with Gasteiger partial charge in [0.15, 0.2) is 0 Å². The quantitative estimate of drug-likeness (QED) is 0.740. The van der Waals surface area contributed by atoms with Crippen molar-refractivity contribution in [3.8, 4) is 0 Å². The van der Waals surface area contributed by atoms with Crippen molar-refractivity contribution >= 4 is 23.2 Å². The third-order valence-corrected chi connectivity index (χ3v) is 5.14. The van der Waals surface area contributed by atoms with Crippen LogP contribution in [0, 0.1) is 13.8 Å². The first-order chi connectivity index (χ1) is 14.1. The van der Waals surface area contributed by atoms with Crippen molar-refractivity contribution < 1.29 is 4.79 Å². The Bertz CT molecular complexity index is 979. The maximum absolute atomic E-state index is 13.0. The van der Waals surface area contributed by atoms with Crippen molar-refractivity contribution in [3.63, 3.8) is 0 Å². The first kappa shape index (κ1) is 18.9. The summed E-state index contributed by atoms with van der Waals surface area (Å²) in [6.45, 7) is 6.81. The third-order valence-electron chi connectivity index (χ3n) is 5.14. The molecule has 3 heterocycles. The van der Waals surface area contributed by atoms with Crippen molar-refractivity contribution in [1.29, 1.82) is 0 Å². The molecule has 1 N–H and O–H groups in total. The van der Waals surface area contributed by atoms with Gasteiger partial charge < -0.3 is 15.1 Å². The molecular formula is C22H24N6O. The normalized spacial score (nSPS) is 14.0. The summed E-state index contributed by atoms with van der Waals surface area (Å²) in [7, 11) is 0. The smallest absolute Gasteiger partial charge is 0.255 e. The van der Waals surface area contributed by atoms with Gasteiger partial charge in [-0.15, -0.1) is 0 Å². The number of hydrogen-bond acceptors (Lipinski definition) is 6. The first-order valence-corrected chi connectivity index (χ1v) is 9.71. The number of hydrogen-bond donors (Lipinski definition) is 1. The molecule has 1 aromatic carbocycles. The second kappa shape index (κ2) is 8.26. The molecule has 1 saturated heterocycles. The average Bonchev–Trinajstić information content (AvgIpc) is 2.77. The predicted octanol–water partition coefficient (Wildman–Crippen LogP) is 3.19. The van der Waals surface area contributed by atoms with Crippen LogP contribution >= 0.6 is 0 Å². The zero-order chi connectivity index (χ0) is 20.2. The van der Waals surface area contributed by atoms with Crippen molar-refractivity contribution in [1.82, 2.24) is 19.9 Å². The fraction of sp³-hybridized carbons (Fsp3) is 0.273. The van der Waals surface area contributed by atoms with E-state index >= 15 is 0 Å². The Morgan fingerprint density at radius 2 is 1.66 bits per heavy atom. The van der Waals surface area contributed by atoms with E-state index in [1.807, 2.05) is 17.0 Å². The van der Waals surface area contributed by atoms with Gasteiger partial charge in [0.2, 0.25) is 5.95 Å². The molecular weight excluding hydrogens is 364 g/mol. The maximum atomic E-state index is 13.0. The van der Waals surface area contributed by atoms with Gasteiger partial charge in [0, 0.05) is 50.5 Å². The number of pyridine rings is 1. The Balaban J connectivity index is 1.44. The SMILES string of the molecule is Cc1cccc(C)c1Nc1cncc(C(=O)N2CCN(c3ncccn3)CC2)c1. The lowest BCUT2D eigenvalue weighted by molar-refractivity contribution is 0.0746. The fourth-order valence-electron chi connectivity index (χ4n) is 3.53. The summed E-state index contributed by atoms with van der Waals surface area (Å²) in [5.74, 6) is 0.706. The van der Waals surface area contributed by atoms with Crippen molar-refractivity contribution in [2.24, 2.45) is 0 Å². The van der Waals surface area contributed by atoms with Crippen LogP contribution in [0.4, 0.5) is 17.3 Å². The number of carbonyl (C=O) groups is 1. The molecule has 0 saturated carbocycles. The Kier molecular flexibility index (Phi) is 5.37. The lowest BCUT2D eigenvalue weighted by Gasteiger charge is -2.34. The molecule has 0 bridgehead atoms. The highest BCUT2D eigenvalue weighted by Crippen LogP contribution is 2.24. The molecule has 29 heavy (non-hydrogen) atoms. The molecule has 1 fully saturated rings. The molecule has 0 aliphatic carbocycles. The second-order valence-electron chi connectivity index (χ2n) is 7.18. The van der Waals surface area contributed by atoms with Gasteiger partial charge in [-0.25, -0.2) is 9.97 Å². The van der Waals surface area contributed by atoms with Crippen LogP contribution in [0.3, 0.4) is 0 Å². The number of benzene rings is 1. The average molecular weight is 388 g/mol. The van der Waals surface area contributed by atoms with Gasteiger partial charge in [0.25, 0.3) is 5.91 Å². The summed E-state index contributed by atoms with van der Waals surface area (Å²) >= 11 is 0. The van der Waals surface area contributed by atoms with Crippen molar-refractivity contribution in [3.05, 3.63) is 71.8 Å². The Morgan fingerprint density at radius 1 is 0.966 bits per heavy atom. The molecule has 7 heteroatoms. The van der Waals surface area contributed by atoms with Crippen molar-refractivity contribution in [2.75, 3.05) is 36.4 Å². The number of nitrogens with zero attached hydrogens (tertiary/aromatic N) is 5. The number of para-hydroxylation sites is 1. The summed E-state index contributed by atoms with van der Waals surface area (Å²) in [5, 5.41) is 3.41. The van der Waals surface area contributed by atoms with E-state index in [4.69, 9.17) is 0 Å². The molecule has 0 atom stereocenters. The molecule has 4 rings (SSSR count). The molecule has 0 unspecified atom stereocenters. The zero-order valence-electron chi connectivity index (χ0n) is 16.7. The molecule has 148 valence electrons. The number of piperazine rings is 1. The van der Waals surface area contributed by atoms with E-state index in [1.54, 1.807) is 30.9 Å². The number of aromatic nitrogens is 3. The standard InChI is InChI=1S/C22H24N6O/c1-16-5-3-6-17(2)20(16)26-19-13-18(14-23-15-19)21(29)27-9-11-28(12-10-27)22-24-7-4-8-25-22/h3-8,13-15,26H,9-12H2,1-2H3. The van der Waals surface area contributed by atoms with Crippen molar-refractivity contribution in [2.45, 2.75) is 13.8 Å².